The van der Waals surface area contributed by atoms with Crippen molar-refractivity contribution in [2.24, 2.45) is 0 Å². The Morgan fingerprint density at radius 1 is 0.500 bits per heavy atom. The average molecular weight is 298 g/mol. The average Bonchev–Trinajstić information content (AvgIpc) is 0. The third-order valence-corrected chi connectivity index (χ3v) is 0. The first-order valence-corrected chi connectivity index (χ1v) is 0. The van der Waals surface area contributed by atoms with Crippen LogP contribution in [-0.4, -0.2) is 0 Å². The molecule has 0 nitrogen and oxygen atoms in total. The number of rotatable bonds is 0. The summed E-state index contributed by atoms with van der Waals surface area (Å²) in [5, 5.41) is 0. The molecule has 1 radical (unpaired) electrons. The van der Waals surface area contributed by atoms with E-state index >= 15 is 0 Å². The maximum absolute atomic E-state index is 0. The van der Waals surface area contributed by atoms with Gasteiger partial charge in [0, 0.05) is 0 Å². The van der Waals surface area contributed by atoms with E-state index in [4.69, 9.17) is 0 Å². The largest absolute Gasteiger partial charge is 3.00 e. The molecule has 0 rings (SSSR count). The van der Waals surface area contributed by atoms with E-state index in [1.54, 1.807) is 0 Å². The van der Waals surface area contributed by atoms with E-state index in [9.17, 15) is 0 Å². The Labute approximate surface area is 130 Å². The quantitative estimate of drug-likeness (QED) is 0.308. The molecular weight excluding hydrogens is 298 g/mol. The molecule has 0 unspecified atom stereocenters. The van der Waals surface area contributed by atoms with Gasteiger partial charge < -0.3 is 23.5 Å². The van der Waals surface area contributed by atoms with Crippen LogP contribution in [0.3, 0.4) is 0 Å². The summed E-state index contributed by atoms with van der Waals surface area (Å²) in [6.07, 6.45) is 0. The van der Waals surface area contributed by atoms with E-state index in [0.29, 0.717) is 0 Å². The van der Waals surface area contributed by atoms with Crippen LogP contribution in [0.25, 0.3) is 0 Å². The molecule has 0 bridgehead atoms. The van der Waals surface area contributed by atoms with Crippen LogP contribution in [0.2, 0.25) is 0 Å². The SMILES string of the molecule is [F-].[F-].[F-].[F-].[F-].[Gd+3].[K+].[Li+]. The van der Waals surface area contributed by atoms with E-state index in [0.717, 1.165) is 0 Å². The minimum absolute atomic E-state index is 0. The third-order valence-electron chi connectivity index (χ3n) is 0. The van der Waals surface area contributed by atoms with Gasteiger partial charge in [0.15, 0.2) is 0 Å². The van der Waals surface area contributed by atoms with Crippen LogP contribution in [0, 0.1) is 39.9 Å². The standard InChI is InChI=1S/5FH.Gd.K.Li/h5*1H;;;/q;;;;;+3;2*+1/p-5. The first kappa shape index (κ1) is 113. The van der Waals surface area contributed by atoms with Crippen molar-refractivity contribution in [3.8, 4) is 0 Å². The molecular formula is F5GdKLi. The third kappa shape index (κ3) is 60.3. The molecule has 0 aliphatic rings. The molecule has 8 heavy (non-hydrogen) atoms. The molecule has 0 aromatic heterocycles. The Kier molecular flexibility index (Phi) is 1190. The number of hydrogen-bond acceptors (Lipinski definition) is 0. The van der Waals surface area contributed by atoms with Gasteiger partial charge in [-0.25, -0.2) is 0 Å². The predicted molar refractivity (Wildman–Crippen MR) is 0 cm³/mol. The molecule has 0 aromatic carbocycles. The Hall–Kier alpha value is 3.21. The zero-order valence-corrected chi connectivity index (χ0v) is 9.63. The van der Waals surface area contributed by atoms with Crippen LogP contribution in [0.15, 0.2) is 0 Å². The van der Waals surface area contributed by atoms with Gasteiger partial charge >= 0.3 is 110 Å². The summed E-state index contributed by atoms with van der Waals surface area (Å²) < 4.78 is 0. The Bertz CT molecular complexity index is 12.4. The van der Waals surface area contributed by atoms with Gasteiger partial charge in [-0.3, -0.25) is 0 Å². The fourth-order valence-corrected chi connectivity index (χ4v) is 0. The minimum Gasteiger partial charge on any atom is -1.00 e. The predicted octanol–water partition coefficient (Wildman–Crippen LogP) is -21.0. The second kappa shape index (κ2) is 84.1. The molecule has 8 heteroatoms. The second-order valence-corrected chi connectivity index (χ2v) is 0. The first-order chi connectivity index (χ1) is 0. The minimum atomic E-state index is 0. The van der Waals surface area contributed by atoms with Crippen molar-refractivity contribution < 1.29 is 134 Å². The van der Waals surface area contributed by atoms with Gasteiger partial charge in [-0.1, -0.05) is 0 Å². The molecule has 0 saturated carbocycles. The van der Waals surface area contributed by atoms with Gasteiger partial charge in [0.25, 0.3) is 0 Å². The van der Waals surface area contributed by atoms with Gasteiger partial charge in [-0.2, -0.15) is 0 Å². The summed E-state index contributed by atoms with van der Waals surface area (Å²) >= 11 is 0. The zero-order valence-electron chi connectivity index (χ0n) is 4.24. The molecule has 0 aromatic rings. The summed E-state index contributed by atoms with van der Waals surface area (Å²) in [4.78, 5) is 0. The molecule has 0 N–H and O–H groups in total. The van der Waals surface area contributed by atoms with Gasteiger partial charge in [0.2, 0.25) is 0 Å². The van der Waals surface area contributed by atoms with Gasteiger partial charge in [-0.15, -0.1) is 0 Å². The van der Waals surface area contributed by atoms with Crippen LogP contribution < -0.4 is 93.8 Å². The molecule has 0 saturated heterocycles. The van der Waals surface area contributed by atoms with Crippen molar-refractivity contribution in [1.82, 2.24) is 0 Å². The van der Waals surface area contributed by atoms with Crippen molar-refractivity contribution in [1.29, 1.82) is 0 Å². The molecule has 0 fully saturated rings. The molecule has 0 atom stereocenters. The molecule has 0 heterocycles. The van der Waals surface area contributed by atoms with Crippen molar-refractivity contribution in [3.63, 3.8) is 0 Å². The van der Waals surface area contributed by atoms with Crippen molar-refractivity contribution in [3.05, 3.63) is 0 Å². The Morgan fingerprint density at radius 3 is 0.500 bits per heavy atom. The van der Waals surface area contributed by atoms with Crippen LogP contribution in [0.1, 0.15) is 0 Å². The smallest absolute Gasteiger partial charge is 1.00 e. The summed E-state index contributed by atoms with van der Waals surface area (Å²) in [6, 6.07) is 0. The fraction of sp³-hybridized carbons (Fsp3) is 0. The van der Waals surface area contributed by atoms with E-state index in [1.165, 1.54) is 0 Å². The summed E-state index contributed by atoms with van der Waals surface area (Å²) in [6.45, 7) is 0. The monoisotopic (exact) mass is 299 g/mol. The van der Waals surface area contributed by atoms with Crippen LogP contribution in [0.4, 0.5) is 0 Å². The molecule has 45 valence electrons. The summed E-state index contributed by atoms with van der Waals surface area (Å²) in [5.41, 5.74) is 0. The Balaban J connectivity index is 0. The van der Waals surface area contributed by atoms with E-state index in [-0.39, 0.29) is 134 Å². The Morgan fingerprint density at radius 2 is 0.500 bits per heavy atom. The van der Waals surface area contributed by atoms with E-state index in [2.05, 4.69) is 0 Å². The van der Waals surface area contributed by atoms with Crippen molar-refractivity contribution in [2.75, 3.05) is 0 Å². The number of halogens is 5. The maximum Gasteiger partial charge on any atom is 3.00 e. The summed E-state index contributed by atoms with van der Waals surface area (Å²) in [5.74, 6) is 0. The fourth-order valence-electron chi connectivity index (χ4n) is 0. The van der Waals surface area contributed by atoms with Gasteiger partial charge in [-0.05, 0) is 0 Å². The normalized spacial score (nSPS) is 0. The van der Waals surface area contributed by atoms with Crippen LogP contribution in [0.5, 0.6) is 0 Å². The molecule has 0 aliphatic heterocycles. The zero-order chi connectivity index (χ0) is 0. The van der Waals surface area contributed by atoms with Gasteiger partial charge in [0.05, 0.1) is 0 Å². The van der Waals surface area contributed by atoms with Gasteiger partial charge in [0.1, 0.15) is 0 Å². The maximum atomic E-state index is 0. The topological polar surface area (TPSA) is 0 Å². The van der Waals surface area contributed by atoms with Crippen molar-refractivity contribution >= 4 is 0 Å². The number of hydrogen-bond donors (Lipinski definition) is 0. The van der Waals surface area contributed by atoms with E-state index < -0.39 is 0 Å². The van der Waals surface area contributed by atoms with Crippen molar-refractivity contribution in [2.45, 2.75) is 0 Å². The van der Waals surface area contributed by atoms with Crippen LogP contribution in [-0.2, 0) is 0 Å². The molecule has 0 spiro atoms. The summed E-state index contributed by atoms with van der Waals surface area (Å²) in [7, 11) is 0. The van der Waals surface area contributed by atoms with Crippen LogP contribution >= 0.6 is 0 Å². The van der Waals surface area contributed by atoms with E-state index in [1.807, 2.05) is 0 Å². The first-order valence-electron chi connectivity index (χ1n) is 0. The molecule has 0 amide bonds. The molecule has 0 aliphatic carbocycles. The second-order valence-electron chi connectivity index (χ2n) is 0.